The van der Waals surface area contributed by atoms with Crippen LogP contribution in [0.15, 0.2) is 12.1 Å². The molecule has 0 radical (unpaired) electrons. The monoisotopic (exact) mass is 420 g/mol. The van der Waals surface area contributed by atoms with Gasteiger partial charge in [0.05, 0.1) is 14.1 Å². The molecule has 20 heavy (non-hydrogen) atoms. The third kappa shape index (κ3) is 3.52. The Morgan fingerprint density at radius 1 is 1.25 bits per heavy atom. The van der Waals surface area contributed by atoms with E-state index < -0.39 is 0 Å². The van der Waals surface area contributed by atoms with Crippen LogP contribution in [0.4, 0.5) is 0 Å². The highest BCUT2D eigenvalue weighted by Gasteiger charge is 2.18. The topological polar surface area (TPSA) is 25.8 Å². The number of aryl methyl sites for hydroxylation is 1. The van der Waals surface area contributed by atoms with Crippen molar-refractivity contribution in [1.82, 2.24) is 9.97 Å². The molecule has 0 N–H and O–H groups in total. The summed E-state index contributed by atoms with van der Waals surface area (Å²) in [6, 6.07) is 4.26. The Morgan fingerprint density at radius 2 is 1.95 bits per heavy atom. The van der Waals surface area contributed by atoms with Crippen molar-refractivity contribution in [2.24, 2.45) is 0 Å². The summed E-state index contributed by atoms with van der Waals surface area (Å²) < 4.78 is 0.975. The number of nitrogens with zero attached hydrogens (tertiary/aromatic N) is 2. The lowest BCUT2D eigenvalue weighted by Gasteiger charge is -2.15. The van der Waals surface area contributed by atoms with Crippen molar-refractivity contribution < 1.29 is 0 Å². The Labute approximate surface area is 143 Å². The first-order chi connectivity index (χ1) is 9.32. The zero-order valence-corrected chi connectivity index (χ0v) is 15.9. The van der Waals surface area contributed by atoms with Gasteiger partial charge in [0.25, 0.3) is 0 Å². The van der Waals surface area contributed by atoms with Gasteiger partial charge in [-0.05, 0) is 46.6 Å². The molecule has 0 aromatic carbocycles. The summed E-state index contributed by atoms with van der Waals surface area (Å²) in [7, 11) is 0. The van der Waals surface area contributed by atoms with Gasteiger partial charge in [-0.25, -0.2) is 9.97 Å². The van der Waals surface area contributed by atoms with Crippen LogP contribution in [0.3, 0.4) is 0 Å². The average Bonchev–Trinajstić information content (AvgIpc) is 2.84. The number of rotatable bonds is 3. The van der Waals surface area contributed by atoms with Crippen molar-refractivity contribution in [2.75, 3.05) is 0 Å². The Hall–Kier alpha value is -0.200. The van der Waals surface area contributed by atoms with Crippen molar-refractivity contribution in [3.8, 4) is 10.7 Å². The number of hydrogen-bond donors (Lipinski definition) is 0. The molecule has 2 rings (SSSR count). The fraction of sp³-hybridized carbons (Fsp3) is 0.467. The maximum atomic E-state index is 6.25. The first kappa shape index (κ1) is 16.2. The molecule has 0 aliphatic rings. The Bertz CT molecular complexity index is 617. The van der Waals surface area contributed by atoms with Gasteiger partial charge in [-0.3, -0.25) is 0 Å². The fourth-order valence-corrected chi connectivity index (χ4v) is 3.53. The van der Waals surface area contributed by atoms with E-state index in [0.717, 1.165) is 32.8 Å². The number of aromatic nitrogens is 2. The zero-order chi connectivity index (χ0) is 14.9. The predicted molar refractivity (Wildman–Crippen MR) is 95.8 cm³/mol. The van der Waals surface area contributed by atoms with Gasteiger partial charge < -0.3 is 0 Å². The van der Waals surface area contributed by atoms with Crippen LogP contribution in [0, 0.1) is 3.57 Å². The first-order valence-corrected chi connectivity index (χ1v) is 8.93. The van der Waals surface area contributed by atoms with Crippen LogP contribution < -0.4 is 0 Å². The van der Waals surface area contributed by atoms with Gasteiger partial charge in [-0.2, -0.15) is 0 Å². The molecular weight excluding hydrogens is 403 g/mol. The second-order valence-electron chi connectivity index (χ2n) is 5.76. The van der Waals surface area contributed by atoms with E-state index in [1.165, 1.54) is 4.88 Å². The lowest BCUT2D eigenvalue weighted by Crippen LogP contribution is -2.07. The summed E-state index contributed by atoms with van der Waals surface area (Å²) in [6.45, 7) is 8.79. The largest absolute Gasteiger partial charge is 0.231 e. The molecule has 2 aromatic rings. The maximum absolute atomic E-state index is 6.25. The van der Waals surface area contributed by atoms with Crippen LogP contribution in [0.2, 0.25) is 5.15 Å². The second-order valence-corrected chi connectivity index (χ2v) is 8.28. The highest BCUT2D eigenvalue weighted by Crippen LogP contribution is 2.34. The molecule has 0 atom stereocenters. The molecule has 0 bridgehead atoms. The predicted octanol–water partition coefficient (Wildman–Crippen LogP) is 5.71. The van der Waals surface area contributed by atoms with Gasteiger partial charge in [0.2, 0.25) is 0 Å². The van der Waals surface area contributed by atoms with Crippen LogP contribution in [-0.2, 0) is 11.8 Å². The molecular formula is C15H18ClIN2S. The zero-order valence-electron chi connectivity index (χ0n) is 12.1. The summed E-state index contributed by atoms with van der Waals surface area (Å²) >= 11 is 10.2. The number of halogens is 2. The molecule has 2 heterocycles. The smallest absolute Gasteiger partial charge is 0.171 e. The Kier molecular flexibility index (Phi) is 5.08. The minimum Gasteiger partial charge on any atom is -0.231 e. The van der Waals surface area contributed by atoms with Crippen molar-refractivity contribution in [1.29, 1.82) is 0 Å². The van der Waals surface area contributed by atoms with Crippen molar-refractivity contribution in [2.45, 2.75) is 46.0 Å². The van der Waals surface area contributed by atoms with Gasteiger partial charge in [0.15, 0.2) is 5.82 Å². The lowest BCUT2D eigenvalue weighted by atomic mass is 9.95. The molecule has 0 amide bonds. The SMILES string of the molecule is CCCc1nc(-c2ccc(C(C)(C)C)s2)nc(Cl)c1I. The molecule has 5 heteroatoms. The van der Waals surface area contributed by atoms with Gasteiger partial charge in [-0.15, -0.1) is 11.3 Å². The lowest BCUT2D eigenvalue weighted by molar-refractivity contribution is 0.604. The van der Waals surface area contributed by atoms with E-state index in [1.807, 2.05) is 0 Å². The Balaban J connectivity index is 2.45. The van der Waals surface area contributed by atoms with Crippen LogP contribution in [0.25, 0.3) is 10.7 Å². The maximum Gasteiger partial charge on any atom is 0.171 e. The van der Waals surface area contributed by atoms with Crippen LogP contribution in [0.5, 0.6) is 0 Å². The third-order valence-corrected chi connectivity index (χ3v) is 6.16. The quantitative estimate of drug-likeness (QED) is 0.469. The van der Waals surface area contributed by atoms with Gasteiger partial charge >= 0.3 is 0 Å². The molecule has 2 aromatic heterocycles. The standard InChI is InChI=1S/C15H18ClIN2S/c1-5-6-9-12(17)13(16)19-14(18-9)10-7-8-11(20-10)15(2,3)4/h7-8H,5-6H2,1-4H3. The minimum atomic E-state index is 0.155. The average molecular weight is 421 g/mol. The molecule has 0 saturated carbocycles. The highest BCUT2D eigenvalue weighted by molar-refractivity contribution is 14.1. The number of hydrogen-bond acceptors (Lipinski definition) is 3. The van der Waals surface area contributed by atoms with Gasteiger partial charge in [-0.1, -0.05) is 45.7 Å². The fourth-order valence-electron chi connectivity index (χ4n) is 1.84. The van der Waals surface area contributed by atoms with Crippen LogP contribution >= 0.6 is 45.5 Å². The molecule has 2 nitrogen and oxygen atoms in total. The van der Waals surface area contributed by atoms with E-state index in [2.05, 4.69) is 67.4 Å². The summed E-state index contributed by atoms with van der Waals surface area (Å²) in [5, 5.41) is 0.560. The molecule has 0 aliphatic carbocycles. The highest BCUT2D eigenvalue weighted by atomic mass is 127. The Morgan fingerprint density at radius 3 is 2.50 bits per heavy atom. The minimum absolute atomic E-state index is 0.155. The molecule has 0 aliphatic heterocycles. The first-order valence-electron chi connectivity index (χ1n) is 6.65. The van der Waals surface area contributed by atoms with E-state index in [9.17, 15) is 0 Å². The van der Waals surface area contributed by atoms with E-state index in [4.69, 9.17) is 16.6 Å². The summed E-state index contributed by atoms with van der Waals surface area (Å²) in [4.78, 5) is 11.6. The van der Waals surface area contributed by atoms with E-state index in [1.54, 1.807) is 11.3 Å². The molecule has 108 valence electrons. The van der Waals surface area contributed by atoms with Gasteiger partial charge in [0.1, 0.15) is 5.15 Å². The van der Waals surface area contributed by atoms with Crippen LogP contribution in [-0.4, -0.2) is 9.97 Å². The van der Waals surface area contributed by atoms with Crippen molar-refractivity contribution >= 4 is 45.5 Å². The molecule has 0 saturated heterocycles. The third-order valence-electron chi connectivity index (χ3n) is 2.93. The molecule has 0 unspecified atom stereocenters. The van der Waals surface area contributed by atoms with Crippen LogP contribution in [0.1, 0.15) is 44.7 Å². The van der Waals surface area contributed by atoms with E-state index in [0.29, 0.717) is 5.15 Å². The number of thiophene rings is 1. The second kappa shape index (κ2) is 6.28. The van der Waals surface area contributed by atoms with E-state index in [-0.39, 0.29) is 5.41 Å². The summed E-state index contributed by atoms with van der Waals surface area (Å²) in [5.74, 6) is 0.749. The molecule has 0 fully saturated rings. The van der Waals surface area contributed by atoms with Gasteiger partial charge in [0, 0.05) is 4.88 Å². The van der Waals surface area contributed by atoms with Crippen molar-refractivity contribution in [3.63, 3.8) is 0 Å². The normalized spacial score (nSPS) is 11.9. The summed E-state index contributed by atoms with van der Waals surface area (Å²) in [6.07, 6.45) is 1.99. The summed E-state index contributed by atoms with van der Waals surface area (Å²) in [5.41, 5.74) is 1.20. The molecule has 0 spiro atoms. The van der Waals surface area contributed by atoms with E-state index >= 15 is 0 Å². The van der Waals surface area contributed by atoms with Crippen molar-refractivity contribution in [3.05, 3.63) is 31.4 Å².